The summed E-state index contributed by atoms with van der Waals surface area (Å²) < 4.78 is 1.55. The van der Waals surface area contributed by atoms with Gasteiger partial charge in [-0.15, -0.1) is 0 Å². The Bertz CT molecular complexity index is 723. The molecular formula is C16H21ClN6O2. The Morgan fingerprint density at radius 3 is 2.88 bits per heavy atom. The molecule has 134 valence electrons. The van der Waals surface area contributed by atoms with E-state index < -0.39 is 0 Å². The van der Waals surface area contributed by atoms with Crippen molar-refractivity contribution in [2.24, 2.45) is 5.92 Å². The highest BCUT2D eigenvalue weighted by Crippen LogP contribution is 2.30. The standard InChI is InChI=1S/C16H21ClN6O2/c1-10(23-8-12(17)6-21-23)15(24)22-13-4-11(5-13)2-3-19-16(25)14-7-18-9-20-14/h6-11,13H,2-5H2,1H3,(H,18,20)(H,19,25)(H,22,24). The van der Waals surface area contributed by atoms with Gasteiger partial charge in [-0.3, -0.25) is 14.3 Å². The number of aromatic amines is 1. The lowest BCUT2D eigenvalue weighted by molar-refractivity contribution is -0.125. The van der Waals surface area contributed by atoms with Crippen LogP contribution in [0.1, 0.15) is 42.7 Å². The first-order valence-electron chi connectivity index (χ1n) is 8.29. The van der Waals surface area contributed by atoms with Gasteiger partial charge >= 0.3 is 0 Å². The molecule has 2 heterocycles. The molecule has 3 rings (SSSR count). The van der Waals surface area contributed by atoms with Gasteiger partial charge in [0.25, 0.3) is 5.91 Å². The van der Waals surface area contributed by atoms with Crippen LogP contribution in [0.4, 0.5) is 0 Å². The molecule has 0 saturated heterocycles. The summed E-state index contributed by atoms with van der Waals surface area (Å²) in [6.45, 7) is 2.41. The first-order valence-corrected chi connectivity index (χ1v) is 8.67. The second kappa shape index (κ2) is 7.69. The van der Waals surface area contributed by atoms with Crippen molar-refractivity contribution in [3.63, 3.8) is 0 Å². The van der Waals surface area contributed by atoms with E-state index in [1.807, 2.05) is 0 Å². The minimum Gasteiger partial charge on any atom is -0.352 e. The summed E-state index contributed by atoms with van der Waals surface area (Å²) in [5.74, 6) is 0.311. The third-order valence-corrected chi connectivity index (χ3v) is 4.70. The van der Waals surface area contributed by atoms with Crippen LogP contribution in [-0.4, -0.2) is 44.1 Å². The van der Waals surface area contributed by atoms with Gasteiger partial charge < -0.3 is 15.6 Å². The molecule has 1 fully saturated rings. The maximum atomic E-state index is 12.2. The summed E-state index contributed by atoms with van der Waals surface area (Å²) in [5.41, 5.74) is 0.464. The smallest absolute Gasteiger partial charge is 0.269 e. The van der Waals surface area contributed by atoms with Gasteiger partial charge in [-0.05, 0) is 32.1 Å². The predicted octanol–water partition coefficient (Wildman–Crippen LogP) is 1.54. The van der Waals surface area contributed by atoms with Gasteiger partial charge in [0.15, 0.2) is 0 Å². The molecule has 0 spiro atoms. The Labute approximate surface area is 150 Å². The number of halogens is 1. The zero-order valence-electron chi connectivity index (χ0n) is 13.9. The Morgan fingerprint density at radius 2 is 2.24 bits per heavy atom. The summed E-state index contributed by atoms with van der Waals surface area (Å²) in [4.78, 5) is 30.6. The van der Waals surface area contributed by atoms with E-state index in [0.29, 0.717) is 23.2 Å². The van der Waals surface area contributed by atoms with Crippen molar-refractivity contribution in [3.8, 4) is 0 Å². The third-order valence-electron chi connectivity index (χ3n) is 4.51. The number of nitrogens with zero attached hydrogens (tertiary/aromatic N) is 3. The fourth-order valence-corrected chi connectivity index (χ4v) is 3.07. The lowest BCUT2D eigenvalue weighted by atomic mass is 9.78. The quantitative estimate of drug-likeness (QED) is 0.693. The SMILES string of the molecule is CC(C(=O)NC1CC(CCNC(=O)c2cnc[nH]2)C1)n1cc(Cl)cn1. The molecule has 25 heavy (non-hydrogen) atoms. The number of hydrogen-bond acceptors (Lipinski definition) is 4. The van der Waals surface area contributed by atoms with Crippen LogP contribution in [-0.2, 0) is 4.79 Å². The molecule has 2 aromatic heterocycles. The molecule has 1 saturated carbocycles. The second-order valence-electron chi connectivity index (χ2n) is 6.37. The molecule has 0 radical (unpaired) electrons. The van der Waals surface area contributed by atoms with Crippen molar-refractivity contribution >= 4 is 23.4 Å². The molecular weight excluding hydrogens is 344 g/mol. The van der Waals surface area contributed by atoms with Crippen molar-refractivity contribution in [1.82, 2.24) is 30.4 Å². The number of rotatable bonds is 7. The van der Waals surface area contributed by atoms with Gasteiger partial charge in [-0.1, -0.05) is 11.6 Å². The maximum absolute atomic E-state index is 12.2. The number of hydrogen-bond donors (Lipinski definition) is 3. The van der Waals surface area contributed by atoms with Crippen molar-refractivity contribution in [2.45, 2.75) is 38.3 Å². The van der Waals surface area contributed by atoms with Crippen LogP contribution in [0.15, 0.2) is 24.9 Å². The van der Waals surface area contributed by atoms with Crippen LogP contribution in [0.25, 0.3) is 0 Å². The van der Waals surface area contributed by atoms with Gasteiger partial charge in [0, 0.05) is 18.8 Å². The zero-order chi connectivity index (χ0) is 17.8. The number of aromatic nitrogens is 4. The Hall–Kier alpha value is -2.35. The maximum Gasteiger partial charge on any atom is 0.269 e. The number of amides is 2. The molecule has 8 nitrogen and oxygen atoms in total. The van der Waals surface area contributed by atoms with E-state index in [4.69, 9.17) is 11.6 Å². The molecule has 9 heteroatoms. The van der Waals surface area contributed by atoms with Crippen LogP contribution in [0.3, 0.4) is 0 Å². The normalized spacial score (nSPS) is 20.6. The van der Waals surface area contributed by atoms with Crippen molar-refractivity contribution in [2.75, 3.05) is 6.54 Å². The first-order chi connectivity index (χ1) is 12.0. The summed E-state index contributed by atoms with van der Waals surface area (Å²) >= 11 is 5.83. The fourth-order valence-electron chi connectivity index (χ4n) is 2.92. The van der Waals surface area contributed by atoms with Crippen molar-refractivity contribution < 1.29 is 9.59 Å². The number of H-pyrrole nitrogens is 1. The third kappa shape index (κ3) is 4.39. The highest BCUT2D eigenvalue weighted by Gasteiger charge is 2.31. The second-order valence-corrected chi connectivity index (χ2v) is 6.80. The van der Waals surface area contributed by atoms with Gasteiger partial charge in [0.05, 0.1) is 23.7 Å². The van der Waals surface area contributed by atoms with E-state index in [1.165, 1.54) is 18.7 Å². The highest BCUT2D eigenvalue weighted by atomic mass is 35.5. The summed E-state index contributed by atoms with van der Waals surface area (Å²) in [6, 6.07) is -0.200. The van der Waals surface area contributed by atoms with Gasteiger partial charge in [0.2, 0.25) is 5.91 Å². The molecule has 3 N–H and O–H groups in total. The topological polar surface area (TPSA) is 105 Å². The highest BCUT2D eigenvalue weighted by molar-refractivity contribution is 6.30. The van der Waals surface area contributed by atoms with E-state index in [9.17, 15) is 9.59 Å². The molecule has 0 aromatic carbocycles. The van der Waals surface area contributed by atoms with Gasteiger partial charge in [-0.25, -0.2) is 4.98 Å². The van der Waals surface area contributed by atoms with Gasteiger partial charge in [0.1, 0.15) is 11.7 Å². The van der Waals surface area contributed by atoms with E-state index >= 15 is 0 Å². The molecule has 0 aliphatic heterocycles. The lowest BCUT2D eigenvalue weighted by Gasteiger charge is -2.36. The van der Waals surface area contributed by atoms with Crippen molar-refractivity contribution in [3.05, 3.63) is 35.6 Å². The molecule has 1 unspecified atom stereocenters. The average Bonchev–Trinajstić information content (AvgIpc) is 3.22. The number of nitrogens with one attached hydrogen (secondary N) is 3. The van der Waals surface area contributed by atoms with E-state index in [-0.39, 0.29) is 23.9 Å². The summed E-state index contributed by atoms with van der Waals surface area (Å²) in [7, 11) is 0. The fraction of sp³-hybridized carbons (Fsp3) is 0.500. The summed E-state index contributed by atoms with van der Waals surface area (Å²) in [6.07, 6.45) is 8.89. The average molecular weight is 365 g/mol. The monoisotopic (exact) mass is 364 g/mol. The minimum atomic E-state index is -0.389. The van der Waals surface area contributed by atoms with E-state index in [2.05, 4.69) is 25.7 Å². The minimum absolute atomic E-state index is 0.0595. The lowest BCUT2D eigenvalue weighted by Crippen LogP contribution is -2.47. The Kier molecular flexibility index (Phi) is 5.37. The molecule has 2 aromatic rings. The Morgan fingerprint density at radius 1 is 1.44 bits per heavy atom. The molecule has 1 atom stereocenters. The first kappa shape index (κ1) is 17.5. The Balaban J connectivity index is 1.33. The number of carbonyl (C=O) groups excluding carboxylic acids is 2. The number of imidazole rings is 1. The molecule has 1 aliphatic carbocycles. The molecule has 1 aliphatic rings. The largest absolute Gasteiger partial charge is 0.352 e. The predicted molar refractivity (Wildman–Crippen MR) is 92.1 cm³/mol. The van der Waals surface area contributed by atoms with E-state index in [0.717, 1.165) is 19.3 Å². The number of carbonyl (C=O) groups is 2. The summed E-state index contributed by atoms with van der Waals surface area (Å²) in [5, 5.41) is 10.5. The van der Waals surface area contributed by atoms with E-state index in [1.54, 1.807) is 17.8 Å². The van der Waals surface area contributed by atoms with Crippen LogP contribution in [0.2, 0.25) is 5.02 Å². The van der Waals surface area contributed by atoms with Gasteiger partial charge in [-0.2, -0.15) is 5.10 Å². The van der Waals surface area contributed by atoms with Crippen LogP contribution in [0, 0.1) is 5.92 Å². The zero-order valence-corrected chi connectivity index (χ0v) is 14.7. The van der Waals surface area contributed by atoms with Crippen LogP contribution >= 0.6 is 11.6 Å². The van der Waals surface area contributed by atoms with Crippen LogP contribution in [0.5, 0.6) is 0 Å². The van der Waals surface area contributed by atoms with Crippen LogP contribution < -0.4 is 10.6 Å². The molecule has 2 amide bonds. The molecule has 0 bridgehead atoms. The van der Waals surface area contributed by atoms with Crippen molar-refractivity contribution in [1.29, 1.82) is 0 Å².